The summed E-state index contributed by atoms with van der Waals surface area (Å²) in [4.78, 5) is 48.2. The maximum absolute atomic E-state index is 13.1. The van der Waals surface area contributed by atoms with Crippen LogP contribution < -0.4 is 16.1 Å². The topological polar surface area (TPSA) is 95.0 Å². The first-order valence-corrected chi connectivity index (χ1v) is 11.3. The summed E-state index contributed by atoms with van der Waals surface area (Å²) in [7, 11) is 2.97. The van der Waals surface area contributed by atoms with Crippen LogP contribution in [0.5, 0.6) is 0 Å². The summed E-state index contributed by atoms with van der Waals surface area (Å²) in [6, 6.07) is 7.33. The van der Waals surface area contributed by atoms with E-state index >= 15 is 0 Å². The molecule has 0 N–H and O–H groups in total. The number of nitrogens with zero attached hydrogens (tertiary/aromatic N) is 6. The third-order valence-electron chi connectivity index (χ3n) is 5.26. The molecule has 0 unspecified atom stereocenters. The molecule has 9 nitrogen and oxygen atoms in total. The first-order valence-electron chi connectivity index (χ1n) is 10.1. The Balaban J connectivity index is 1.57. The molecule has 3 heterocycles. The zero-order valence-electron chi connectivity index (χ0n) is 18.1. The van der Waals surface area contributed by atoms with Crippen LogP contribution in [0.25, 0.3) is 22.4 Å². The molecule has 0 atom stereocenters. The fourth-order valence-electron chi connectivity index (χ4n) is 3.47. The molecular weight excluding hydrogens is 464 g/mol. The summed E-state index contributed by atoms with van der Waals surface area (Å²) in [6.07, 6.45) is 3.22. The van der Waals surface area contributed by atoms with Crippen molar-refractivity contribution in [3.8, 4) is 11.3 Å². The van der Waals surface area contributed by atoms with E-state index in [0.717, 1.165) is 15.8 Å². The van der Waals surface area contributed by atoms with Crippen molar-refractivity contribution in [2.75, 3.05) is 11.4 Å². The molecule has 1 aromatic carbocycles. The molecule has 0 aliphatic carbocycles. The Bertz CT molecular complexity index is 1460. The summed E-state index contributed by atoms with van der Waals surface area (Å²) in [6.45, 7) is 4.28. The first-order chi connectivity index (χ1) is 15.8. The van der Waals surface area contributed by atoms with Gasteiger partial charge in [-0.05, 0) is 12.1 Å². The van der Waals surface area contributed by atoms with Gasteiger partial charge in [-0.25, -0.2) is 14.8 Å². The molecule has 0 fully saturated rings. The first kappa shape index (κ1) is 22.7. The fourth-order valence-corrected chi connectivity index (χ4v) is 4.46. The van der Waals surface area contributed by atoms with E-state index in [1.54, 1.807) is 34.7 Å². The summed E-state index contributed by atoms with van der Waals surface area (Å²) in [5, 5.41) is 3.08. The molecule has 0 saturated heterocycles. The molecule has 0 spiro atoms. The third kappa shape index (κ3) is 4.27. The number of hydrogen-bond acceptors (Lipinski definition) is 6. The van der Waals surface area contributed by atoms with Crippen LogP contribution in [0, 0.1) is 0 Å². The Labute approximate surface area is 197 Å². The van der Waals surface area contributed by atoms with Crippen molar-refractivity contribution in [1.82, 2.24) is 23.7 Å². The van der Waals surface area contributed by atoms with Crippen molar-refractivity contribution in [2.24, 2.45) is 14.1 Å². The number of thiazole rings is 1. The average molecular weight is 485 g/mol. The lowest BCUT2D eigenvalue weighted by Gasteiger charge is -2.18. The van der Waals surface area contributed by atoms with E-state index in [2.05, 4.69) is 16.5 Å². The van der Waals surface area contributed by atoms with Gasteiger partial charge in [0.1, 0.15) is 0 Å². The lowest BCUT2D eigenvalue weighted by molar-refractivity contribution is -0.118. The van der Waals surface area contributed by atoms with Crippen molar-refractivity contribution in [2.45, 2.75) is 13.0 Å². The van der Waals surface area contributed by atoms with Crippen molar-refractivity contribution >= 4 is 45.1 Å². The molecule has 0 saturated carbocycles. The second-order valence-electron chi connectivity index (χ2n) is 7.38. The Morgan fingerprint density at radius 3 is 2.64 bits per heavy atom. The van der Waals surface area contributed by atoms with Crippen LogP contribution in [-0.4, -0.2) is 36.1 Å². The highest BCUT2D eigenvalue weighted by molar-refractivity contribution is 7.14. The van der Waals surface area contributed by atoms with E-state index in [4.69, 9.17) is 11.6 Å². The highest BCUT2D eigenvalue weighted by Gasteiger charge is 2.20. The van der Waals surface area contributed by atoms with Gasteiger partial charge in [0.05, 0.1) is 12.0 Å². The number of aryl methyl sites for hydroxylation is 2. The van der Waals surface area contributed by atoms with Crippen LogP contribution in [0.1, 0.15) is 6.42 Å². The normalized spacial score (nSPS) is 11.1. The van der Waals surface area contributed by atoms with Gasteiger partial charge in [-0.3, -0.25) is 23.6 Å². The summed E-state index contributed by atoms with van der Waals surface area (Å²) >= 11 is 7.32. The number of rotatable bonds is 7. The second kappa shape index (κ2) is 9.16. The zero-order valence-corrected chi connectivity index (χ0v) is 19.6. The van der Waals surface area contributed by atoms with Crippen molar-refractivity contribution < 1.29 is 4.79 Å². The number of fused-ring (bicyclic) bond motifs is 1. The summed E-state index contributed by atoms with van der Waals surface area (Å²) < 4.78 is 3.94. The molecule has 33 heavy (non-hydrogen) atoms. The van der Waals surface area contributed by atoms with E-state index in [-0.39, 0.29) is 30.0 Å². The number of hydrogen-bond donors (Lipinski definition) is 0. The minimum atomic E-state index is -0.453. The van der Waals surface area contributed by atoms with Gasteiger partial charge < -0.3 is 4.57 Å². The molecule has 170 valence electrons. The number of carbonyl (C=O) groups is 1. The monoisotopic (exact) mass is 484 g/mol. The summed E-state index contributed by atoms with van der Waals surface area (Å²) in [5.74, 6) is -0.171. The van der Waals surface area contributed by atoms with Gasteiger partial charge in [0, 0.05) is 49.6 Å². The predicted molar refractivity (Wildman–Crippen MR) is 130 cm³/mol. The Morgan fingerprint density at radius 2 is 1.94 bits per heavy atom. The van der Waals surface area contributed by atoms with Crippen LogP contribution in [-0.2, 0) is 25.4 Å². The number of benzene rings is 1. The van der Waals surface area contributed by atoms with Crippen molar-refractivity contribution in [1.29, 1.82) is 0 Å². The molecule has 11 heteroatoms. The minimum absolute atomic E-state index is 0.112. The molecule has 4 aromatic rings. The molecular formula is C22H21ClN6O3S. The van der Waals surface area contributed by atoms with Gasteiger partial charge in [-0.2, -0.15) is 0 Å². The van der Waals surface area contributed by atoms with Crippen LogP contribution >= 0.6 is 22.9 Å². The molecule has 4 rings (SSSR count). The smallest absolute Gasteiger partial charge is 0.324 e. The molecule has 3 aromatic heterocycles. The lowest BCUT2D eigenvalue weighted by Crippen LogP contribution is -2.37. The number of amides is 1. The maximum atomic E-state index is 13.1. The summed E-state index contributed by atoms with van der Waals surface area (Å²) in [5.41, 5.74) is 1.31. The number of carbonyl (C=O) groups excluding carboxylic acids is 1. The average Bonchev–Trinajstić information content (AvgIpc) is 3.46. The van der Waals surface area contributed by atoms with Gasteiger partial charge >= 0.3 is 5.69 Å². The Hall–Kier alpha value is -3.50. The van der Waals surface area contributed by atoms with Crippen LogP contribution in [0.15, 0.2) is 58.2 Å². The Kier molecular flexibility index (Phi) is 6.30. The van der Waals surface area contributed by atoms with E-state index in [1.807, 2.05) is 17.5 Å². The number of imidazole rings is 1. The standard InChI is InChI=1S/C22H21ClN6O3S/c1-4-10-29(21-25-16(12-33-21)14-5-7-15(23)8-6-14)17(30)9-11-28-13-24-19-18(28)20(31)27(3)22(32)26(19)2/h4-8,12-13H,1,9-11H2,2-3H3. The van der Waals surface area contributed by atoms with Gasteiger partial charge in [-0.1, -0.05) is 29.8 Å². The minimum Gasteiger partial charge on any atom is -0.324 e. The van der Waals surface area contributed by atoms with Crippen LogP contribution in [0.3, 0.4) is 0 Å². The molecule has 0 aliphatic heterocycles. The van der Waals surface area contributed by atoms with Gasteiger partial charge in [-0.15, -0.1) is 17.9 Å². The molecule has 0 aliphatic rings. The van der Waals surface area contributed by atoms with Gasteiger partial charge in [0.15, 0.2) is 16.3 Å². The highest BCUT2D eigenvalue weighted by atomic mass is 35.5. The van der Waals surface area contributed by atoms with E-state index < -0.39 is 11.2 Å². The number of halogens is 1. The second-order valence-corrected chi connectivity index (χ2v) is 8.65. The van der Waals surface area contributed by atoms with Crippen LogP contribution in [0.2, 0.25) is 5.02 Å². The van der Waals surface area contributed by atoms with Crippen molar-refractivity contribution in [3.63, 3.8) is 0 Å². The van der Waals surface area contributed by atoms with Crippen LogP contribution in [0.4, 0.5) is 5.13 Å². The quantitative estimate of drug-likeness (QED) is 0.376. The van der Waals surface area contributed by atoms with Gasteiger partial charge in [0.2, 0.25) is 5.91 Å². The SMILES string of the molecule is C=CCN(C(=O)CCn1cnc2c1c(=O)n(C)c(=O)n2C)c1nc(-c2ccc(Cl)cc2)cs1. The van der Waals surface area contributed by atoms with E-state index in [9.17, 15) is 14.4 Å². The molecule has 0 radical (unpaired) electrons. The molecule has 1 amide bonds. The number of aromatic nitrogens is 5. The predicted octanol–water partition coefficient (Wildman–Crippen LogP) is 2.82. The van der Waals surface area contributed by atoms with E-state index in [0.29, 0.717) is 16.7 Å². The maximum Gasteiger partial charge on any atom is 0.332 e. The highest BCUT2D eigenvalue weighted by Crippen LogP contribution is 2.28. The Morgan fingerprint density at radius 1 is 1.21 bits per heavy atom. The third-order valence-corrected chi connectivity index (χ3v) is 6.38. The fraction of sp³-hybridized carbons (Fsp3) is 0.227. The largest absolute Gasteiger partial charge is 0.332 e. The lowest BCUT2D eigenvalue weighted by atomic mass is 10.2. The number of anilines is 1. The van der Waals surface area contributed by atoms with Crippen molar-refractivity contribution in [3.05, 3.63) is 74.5 Å². The van der Waals surface area contributed by atoms with Gasteiger partial charge in [0.25, 0.3) is 5.56 Å². The molecule has 0 bridgehead atoms. The van der Waals surface area contributed by atoms with E-state index in [1.165, 1.54) is 29.3 Å². The zero-order chi connectivity index (χ0) is 23.7.